The second-order valence-corrected chi connectivity index (χ2v) is 12.5. The molecule has 0 heterocycles. The van der Waals surface area contributed by atoms with E-state index >= 15 is 0 Å². The number of hydrogen-bond donors (Lipinski definition) is 1. The van der Waals surface area contributed by atoms with Crippen LogP contribution in [0.2, 0.25) is 5.02 Å². The highest BCUT2D eigenvalue weighted by atomic mass is 35.5. The molecule has 3 rings (SSSR count). The zero-order chi connectivity index (χ0) is 30.3. The van der Waals surface area contributed by atoms with Gasteiger partial charge in [-0.15, -0.1) is 0 Å². The third-order valence-corrected chi connectivity index (χ3v) is 8.60. The number of aryl methyl sites for hydroxylation is 2. The molecule has 0 aliphatic carbocycles. The SMILES string of the molecule is CC[C@@H](C(=O)NC(C)C)N(Cc1ccc(Cl)cc1)C(=O)CN(c1cc(C)ccc1OC)S(=O)(=O)c1ccc(C)cc1. The average Bonchev–Trinajstić information content (AvgIpc) is 2.92. The smallest absolute Gasteiger partial charge is 0.264 e. The van der Waals surface area contributed by atoms with Gasteiger partial charge in [0, 0.05) is 17.6 Å². The van der Waals surface area contributed by atoms with Gasteiger partial charge in [0.15, 0.2) is 0 Å². The summed E-state index contributed by atoms with van der Waals surface area (Å²) in [6, 6.07) is 17.6. The van der Waals surface area contributed by atoms with E-state index < -0.39 is 28.5 Å². The summed E-state index contributed by atoms with van der Waals surface area (Å²) in [5.74, 6) is -0.552. The maximum absolute atomic E-state index is 14.2. The Balaban J connectivity index is 2.13. The molecule has 220 valence electrons. The lowest BCUT2D eigenvalue weighted by Crippen LogP contribution is -2.53. The fraction of sp³-hybridized carbons (Fsp3) is 0.355. The summed E-state index contributed by atoms with van der Waals surface area (Å²) in [7, 11) is -2.76. The molecule has 3 aromatic carbocycles. The quantitative estimate of drug-likeness (QED) is 0.297. The van der Waals surface area contributed by atoms with Gasteiger partial charge in [-0.25, -0.2) is 8.42 Å². The number of sulfonamides is 1. The minimum atomic E-state index is -4.21. The molecule has 3 aromatic rings. The van der Waals surface area contributed by atoms with Crippen LogP contribution in [-0.2, 0) is 26.2 Å². The molecule has 0 saturated carbocycles. The van der Waals surface area contributed by atoms with Crippen LogP contribution in [0.3, 0.4) is 0 Å². The third-order valence-electron chi connectivity index (χ3n) is 6.57. The molecular weight excluding hydrogens is 562 g/mol. The van der Waals surface area contributed by atoms with E-state index in [1.165, 1.54) is 24.1 Å². The highest BCUT2D eigenvalue weighted by Crippen LogP contribution is 2.34. The number of ether oxygens (including phenoxy) is 1. The summed E-state index contributed by atoms with van der Waals surface area (Å²) in [4.78, 5) is 28.9. The van der Waals surface area contributed by atoms with Gasteiger partial charge in [-0.1, -0.05) is 54.4 Å². The molecule has 0 saturated heterocycles. The Labute approximate surface area is 248 Å². The number of carbonyl (C=O) groups is 2. The Morgan fingerprint density at radius 1 is 0.951 bits per heavy atom. The van der Waals surface area contributed by atoms with Crippen molar-refractivity contribution in [3.63, 3.8) is 0 Å². The highest BCUT2D eigenvalue weighted by Gasteiger charge is 2.35. The number of anilines is 1. The third kappa shape index (κ3) is 8.01. The fourth-order valence-corrected chi connectivity index (χ4v) is 5.97. The summed E-state index contributed by atoms with van der Waals surface area (Å²) in [5, 5.41) is 3.43. The molecule has 0 radical (unpaired) electrons. The van der Waals surface area contributed by atoms with Crippen LogP contribution in [0.5, 0.6) is 5.75 Å². The molecule has 0 unspecified atom stereocenters. The number of methoxy groups -OCH3 is 1. The minimum absolute atomic E-state index is 0.0355. The van der Waals surface area contributed by atoms with E-state index in [0.717, 1.165) is 21.0 Å². The van der Waals surface area contributed by atoms with E-state index in [1.54, 1.807) is 54.6 Å². The molecule has 41 heavy (non-hydrogen) atoms. The second-order valence-electron chi connectivity index (χ2n) is 10.2. The van der Waals surface area contributed by atoms with Crippen LogP contribution < -0.4 is 14.4 Å². The largest absolute Gasteiger partial charge is 0.495 e. The minimum Gasteiger partial charge on any atom is -0.495 e. The van der Waals surface area contributed by atoms with E-state index in [2.05, 4.69) is 5.32 Å². The molecule has 0 spiro atoms. The molecule has 2 amide bonds. The summed E-state index contributed by atoms with van der Waals surface area (Å²) in [6.07, 6.45) is 0.330. The van der Waals surface area contributed by atoms with E-state index in [1.807, 2.05) is 34.6 Å². The van der Waals surface area contributed by atoms with Crippen molar-refractivity contribution >= 4 is 39.1 Å². The Bertz CT molecular complexity index is 1460. The normalized spacial score (nSPS) is 12.1. The van der Waals surface area contributed by atoms with Crippen molar-refractivity contribution < 1.29 is 22.7 Å². The van der Waals surface area contributed by atoms with Gasteiger partial charge < -0.3 is 15.0 Å². The highest BCUT2D eigenvalue weighted by molar-refractivity contribution is 7.92. The summed E-state index contributed by atoms with van der Waals surface area (Å²) < 4.78 is 34.8. The Kier molecular flexibility index (Phi) is 10.8. The van der Waals surface area contributed by atoms with Crippen LogP contribution in [0, 0.1) is 13.8 Å². The Morgan fingerprint density at radius 3 is 2.12 bits per heavy atom. The molecule has 0 aliphatic rings. The monoisotopic (exact) mass is 599 g/mol. The van der Waals surface area contributed by atoms with Crippen molar-refractivity contribution in [3.8, 4) is 5.75 Å². The Morgan fingerprint density at radius 2 is 1.56 bits per heavy atom. The first kappa shape index (κ1) is 32.0. The van der Waals surface area contributed by atoms with Crippen LogP contribution in [0.25, 0.3) is 0 Å². The number of benzene rings is 3. The van der Waals surface area contributed by atoms with Crippen LogP contribution in [-0.4, -0.2) is 50.9 Å². The number of amides is 2. The van der Waals surface area contributed by atoms with Crippen molar-refractivity contribution in [1.29, 1.82) is 0 Å². The van der Waals surface area contributed by atoms with Crippen molar-refractivity contribution in [3.05, 3.63) is 88.4 Å². The zero-order valence-electron chi connectivity index (χ0n) is 24.3. The zero-order valence-corrected chi connectivity index (χ0v) is 25.9. The summed E-state index contributed by atoms with van der Waals surface area (Å²) in [5.41, 5.74) is 2.67. The lowest BCUT2D eigenvalue weighted by molar-refractivity contribution is -0.140. The predicted octanol–water partition coefficient (Wildman–Crippen LogP) is 5.49. The number of halogens is 1. The maximum Gasteiger partial charge on any atom is 0.264 e. The molecular formula is C31H38ClN3O5S. The van der Waals surface area contributed by atoms with Gasteiger partial charge in [-0.3, -0.25) is 13.9 Å². The fourth-order valence-electron chi connectivity index (χ4n) is 4.43. The van der Waals surface area contributed by atoms with Crippen LogP contribution in [0.15, 0.2) is 71.6 Å². The van der Waals surface area contributed by atoms with Crippen LogP contribution in [0.4, 0.5) is 5.69 Å². The van der Waals surface area contributed by atoms with E-state index in [9.17, 15) is 18.0 Å². The molecule has 10 heteroatoms. The van der Waals surface area contributed by atoms with Gasteiger partial charge in [-0.2, -0.15) is 0 Å². The van der Waals surface area contributed by atoms with Gasteiger partial charge in [0.05, 0.1) is 17.7 Å². The topological polar surface area (TPSA) is 96.0 Å². The first-order valence-corrected chi connectivity index (χ1v) is 15.3. The van der Waals surface area contributed by atoms with Crippen molar-refractivity contribution in [2.75, 3.05) is 18.0 Å². The molecule has 1 atom stereocenters. The predicted molar refractivity (Wildman–Crippen MR) is 163 cm³/mol. The maximum atomic E-state index is 14.2. The van der Waals surface area contributed by atoms with Crippen molar-refractivity contribution in [1.82, 2.24) is 10.2 Å². The molecule has 0 fully saturated rings. The molecule has 0 bridgehead atoms. The van der Waals surface area contributed by atoms with E-state index in [-0.39, 0.29) is 29.1 Å². The van der Waals surface area contributed by atoms with Gasteiger partial charge in [-0.05, 0) is 81.6 Å². The Hall–Kier alpha value is -3.56. The van der Waals surface area contributed by atoms with E-state index in [4.69, 9.17) is 16.3 Å². The van der Waals surface area contributed by atoms with Crippen molar-refractivity contribution in [2.24, 2.45) is 0 Å². The number of nitrogens with zero attached hydrogens (tertiary/aromatic N) is 2. The second kappa shape index (κ2) is 13.9. The summed E-state index contributed by atoms with van der Waals surface area (Å²) in [6.45, 7) is 8.74. The number of carbonyl (C=O) groups excluding carboxylic acids is 2. The molecule has 0 aliphatic heterocycles. The van der Waals surface area contributed by atoms with Crippen LogP contribution >= 0.6 is 11.6 Å². The van der Waals surface area contributed by atoms with Gasteiger partial charge in [0.1, 0.15) is 18.3 Å². The molecule has 1 N–H and O–H groups in total. The first-order chi connectivity index (χ1) is 19.4. The summed E-state index contributed by atoms with van der Waals surface area (Å²) >= 11 is 6.07. The number of hydrogen-bond acceptors (Lipinski definition) is 5. The van der Waals surface area contributed by atoms with Gasteiger partial charge in [0.25, 0.3) is 10.0 Å². The number of nitrogens with one attached hydrogen (secondary N) is 1. The molecule has 0 aromatic heterocycles. The lowest BCUT2D eigenvalue weighted by atomic mass is 10.1. The average molecular weight is 600 g/mol. The van der Waals surface area contributed by atoms with Gasteiger partial charge in [0.2, 0.25) is 11.8 Å². The lowest BCUT2D eigenvalue weighted by Gasteiger charge is -2.34. The first-order valence-electron chi connectivity index (χ1n) is 13.5. The van der Waals surface area contributed by atoms with Crippen LogP contribution in [0.1, 0.15) is 43.9 Å². The van der Waals surface area contributed by atoms with E-state index in [0.29, 0.717) is 17.2 Å². The number of rotatable bonds is 12. The standard InChI is InChI=1S/C31H38ClN3O5S/c1-7-27(31(37)33-21(2)3)34(19-24-11-13-25(32)14-12-24)30(36)20-35(28-18-23(5)10-17-29(28)40-6)41(38,39)26-15-8-22(4)9-16-26/h8-18,21,27H,7,19-20H2,1-6H3,(H,33,37)/t27-/m0/s1. The van der Waals surface area contributed by atoms with Crippen molar-refractivity contribution in [2.45, 2.75) is 64.6 Å². The molecule has 8 nitrogen and oxygen atoms in total. The van der Waals surface area contributed by atoms with Gasteiger partial charge >= 0.3 is 0 Å².